The number of hydrogen-bond acceptors (Lipinski definition) is 5. The van der Waals surface area contributed by atoms with Crippen molar-refractivity contribution in [1.82, 2.24) is 0 Å². The van der Waals surface area contributed by atoms with Gasteiger partial charge in [0.1, 0.15) is 18.3 Å². The summed E-state index contributed by atoms with van der Waals surface area (Å²) in [5, 5.41) is 18.4. The molecule has 1 saturated heterocycles. The van der Waals surface area contributed by atoms with Gasteiger partial charge in [0.05, 0.1) is 6.61 Å². The number of aliphatic hydroxyl groups excluding tert-OH is 2. The molecule has 1 heterocycles. The van der Waals surface area contributed by atoms with Gasteiger partial charge in [-0.2, -0.15) is 0 Å². The van der Waals surface area contributed by atoms with Crippen molar-refractivity contribution in [2.45, 2.75) is 24.6 Å². The molecule has 0 saturated carbocycles. The smallest absolute Gasteiger partial charge is 0.183 e. The average Bonchev–Trinajstić information content (AvgIpc) is 2.09. The number of rotatable bonds is 2. The van der Waals surface area contributed by atoms with Gasteiger partial charge in [0.25, 0.3) is 0 Å². The Kier molecular flexibility index (Phi) is 3.42. The minimum absolute atomic E-state index is 0.229. The van der Waals surface area contributed by atoms with E-state index in [1.807, 2.05) is 0 Å². The topological polar surface area (TPSA) is 68.2 Å². The van der Waals surface area contributed by atoms with Crippen molar-refractivity contribution >= 4 is 0 Å². The van der Waals surface area contributed by atoms with E-state index in [0.29, 0.717) is 0 Å². The molecule has 2 unspecified atom stereocenters. The molecular weight excluding hydrogens is 164 g/mol. The van der Waals surface area contributed by atoms with Crippen molar-refractivity contribution < 1.29 is 24.4 Å². The van der Waals surface area contributed by atoms with E-state index in [2.05, 4.69) is 0 Å². The van der Waals surface area contributed by atoms with Crippen molar-refractivity contribution in [3.63, 3.8) is 0 Å². The summed E-state index contributed by atoms with van der Waals surface area (Å²) in [6, 6.07) is 0. The predicted molar refractivity (Wildman–Crippen MR) is 39.6 cm³/mol. The molecule has 0 bridgehead atoms. The lowest BCUT2D eigenvalue weighted by molar-refractivity contribution is -0.261. The standard InChI is InChI=1S/C7H14O5/c1-10-4-3-12-7(9)5(8)6(4)11-2/h4-9H,3H2,1-2H3/t4-,5-,6?,7?/m1/s1. The molecular formula is C7H14O5. The van der Waals surface area contributed by atoms with E-state index in [1.165, 1.54) is 14.2 Å². The van der Waals surface area contributed by atoms with Crippen LogP contribution >= 0.6 is 0 Å². The molecule has 0 spiro atoms. The first kappa shape index (κ1) is 9.88. The van der Waals surface area contributed by atoms with Gasteiger partial charge in [0.2, 0.25) is 0 Å². The van der Waals surface area contributed by atoms with Gasteiger partial charge in [0, 0.05) is 14.2 Å². The lowest BCUT2D eigenvalue weighted by atomic mass is 10.1. The molecule has 5 nitrogen and oxygen atoms in total. The van der Waals surface area contributed by atoms with E-state index in [0.717, 1.165) is 0 Å². The summed E-state index contributed by atoms with van der Waals surface area (Å²) < 4.78 is 14.8. The van der Waals surface area contributed by atoms with Gasteiger partial charge < -0.3 is 24.4 Å². The average molecular weight is 178 g/mol. The fourth-order valence-corrected chi connectivity index (χ4v) is 1.26. The maximum absolute atomic E-state index is 9.36. The fourth-order valence-electron chi connectivity index (χ4n) is 1.26. The molecule has 0 aliphatic carbocycles. The van der Waals surface area contributed by atoms with Crippen LogP contribution in [0, 0.1) is 0 Å². The third kappa shape index (κ3) is 1.75. The molecule has 5 heteroatoms. The van der Waals surface area contributed by atoms with E-state index in [4.69, 9.17) is 19.3 Å². The highest BCUT2D eigenvalue weighted by Gasteiger charge is 2.38. The molecule has 0 radical (unpaired) electrons. The Bertz CT molecular complexity index is 138. The van der Waals surface area contributed by atoms with Crippen molar-refractivity contribution in [2.24, 2.45) is 0 Å². The maximum Gasteiger partial charge on any atom is 0.183 e. The van der Waals surface area contributed by atoms with E-state index in [1.54, 1.807) is 0 Å². The van der Waals surface area contributed by atoms with Gasteiger partial charge in [0.15, 0.2) is 6.29 Å². The van der Waals surface area contributed by atoms with Gasteiger partial charge in [-0.3, -0.25) is 0 Å². The first-order chi connectivity index (χ1) is 5.70. The van der Waals surface area contributed by atoms with E-state index in [-0.39, 0.29) is 12.7 Å². The first-order valence-electron chi connectivity index (χ1n) is 3.74. The molecule has 1 fully saturated rings. The summed E-state index contributed by atoms with van der Waals surface area (Å²) in [5.41, 5.74) is 0. The molecule has 2 N–H and O–H groups in total. The van der Waals surface area contributed by atoms with Crippen LogP contribution in [0.2, 0.25) is 0 Å². The molecule has 1 rings (SSSR count). The van der Waals surface area contributed by atoms with Crippen molar-refractivity contribution in [3.05, 3.63) is 0 Å². The van der Waals surface area contributed by atoms with Crippen LogP contribution in [0.3, 0.4) is 0 Å². The Hall–Kier alpha value is -0.200. The Morgan fingerprint density at radius 1 is 1.25 bits per heavy atom. The van der Waals surface area contributed by atoms with Crippen LogP contribution in [0.15, 0.2) is 0 Å². The monoisotopic (exact) mass is 178 g/mol. The third-order valence-electron chi connectivity index (χ3n) is 2.00. The Balaban J connectivity index is 2.58. The second kappa shape index (κ2) is 4.15. The van der Waals surface area contributed by atoms with Crippen LogP contribution in [0.1, 0.15) is 0 Å². The SMILES string of the molecule is COC1[C@@H](O)C(O)OC[C@H]1OC. The Labute approximate surface area is 70.9 Å². The molecule has 72 valence electrons. The lowest BCUT2D eigenvalue weighted by Crippen LogP contribution is -2.54. The van der Waals surface area contributed by atoms with Crippen LogP contribution in [0.25, 0.3) is 0 Å². The second-order valence-electron chi connectivity index (χ2n) is 2.69. The van der Waals surface area contributed by atoms with Crippen LogP contribution < -0.4 is 0 Å². The molecule has 0 aromatic heterocycles. The summed E-state index contributed by atoms with van der Waals surface area (Å²) >= 11 is 0. The first-order valence-corrected chi connectivity index (χ1v) is 3.74. The highest BCUT2D eigenvalue weighted by Crippen LogP contribution is 2.17. The largest absolute Gasteiger partial charge is 0.385 e. The molecule has 12 heavy (non-hydrogen) atoms. The number of hydrogen-bond donors (Lipinski definition) is 2. The van der Waals surface area contributed by atoms with Gasteiger partial charge in [-0.25, -0.2) is 0 Å². The molecule has 4 atom stereocenters. The second-order valence-corrected chi connectivity index (χ2v) is 2.69. The van der Waals surface area contributed by atoms with Crippen molar-refractivity contribution in [2.75, 3.05) is 20.8 Å². The predicted octanol–water partition coefficient (Wildman–Crippen LogP) is -1.27. The Morgan fingerprint density at radius 3 is 2.42 bits per heavy atom. The van der Waals surface area contributed by atoms with Crippen LogP contribution in [0.5, 0.6) is 0 Å². The van der Waals surface area contributed by atoms with Crippen LogP contribution in [-0.2, 0) is 14.2 Å². The summed E-state index contributed by atoms with van der Waals surface area (Å²) in [7, 11) is 2.96. The maximum atomic E-state index is 9.36. The quantitative estimate of drug-likeness (QED) is 0.551. The summed E-state index contributed by atoms with van der Waals surface area (Å²) in [6.45, 7) is 0.229. The van der Waals surface area contributed by atoms with Gasteiger partial charge in [-0.1, -0.05) is 0 Å². The zero-order valence-electron chi connectivity index (χ0n) is 7.14. The number of ether oxygens (including phenoxy) is 3. The molecule has 1 aliphatic heterocycles. The lowest BCUT2D eigenvalue weighted by Gasteiger charge is -2.36. The van der Waals surface area contributed by atoms with Crippen molar-refractivity contribution in [1.29, 1.82) is 0 Å². The van der Waals surface area contributed by atoms with Gasteiger partial charge in [-0.05, 0) is 0 Å². The molecule has 1 aliphatic rings. The summed E-state index contributed by atoms with van der Waals surface area (Å²) in [5.74, 6) is 0. The fraction of sp³-hybridized carbons (Fsp3) is 1.00. The highest BCUT2D eigenvalue weighted by molar-refractivity contribution is 4.83. The zero-order valence-corrected chi connectivity index (χ0v) is 7.14. The van der Waals surface area contributed by atoms with Crippen molar-refractivity contribution in [3.8, 4) is 0 Å². The summed E-state index contributed by atoms with van der Waals surface area (Å²) in [6.07, 6.45) is -3.08. The minimum atomic E-state index is -1.18. The molecule has 0 aromatic rings. The van der Waals surface area contributed by atoms with E-state index >= 15 is 0 Å². The zero-order chi connectivity index (χ0) is 9.14. The minimum Gasteiger partial charge on any atom is -0.385 e. The third-order valence-corrected chi connectivity index (χ3v) is 2.00. The van der Waals surface area contributed by atoms with E-state index in [9.17, 15) is 5.11 Å². The number of aliphatic hydroxyl groups is 2. The summed E-state index contributed by atoms with van der Waals surface area (Å²) in [4.78, 5) is 0. The molecule has 0 aromatic carbocycles. The normalized spacial score (nSPS) is 43.0. The Morgan fingerprint density at radius 2 is 1.92 bits per heavy atom. The number of methoxy groups -OCH3 is 2. The molecule has 0 amide bonds. The van der Waals surface area contributed by atoms with Crippen LogP contribution in [-0.4, -0.2) is 55.6 Å². The van der Waals surface area contributed by atoms with Gasteiger partial charge in [-0.15, -0.1) is 0 Å². The van der Waals surface area contributed by atoms with Gasteiger partial charge >= 0.3 is 0 Å². The van der Waals surface area contributed by atoms with Crippen LogP contribution in [0.4, 0.5) is 0 Å². The van der Waals surface area contributed by atoms with E-state index < -0.39 is 18.5 Å². The highest BCUT2D eigenvalue weighted by atomic mass is 16.6.